The average molecular weight is 290 g/mol. The maximum absolute atomic E-state index is 12.1. The molecule has 2 aromatic carbocycles. The van der Waals surface area contributed by atoms with Crippen LogP contribution < -0.4 is 5.73 Å². The second kappa shape index (κ2) is 5.97. The van der Waals surface area contributed by atoms with Crippen molar-refractivity contribution in [2.75, 3.05) is 5.73 Å². The molecule has 0 aliphatic heterocycles. The SMILES string of the molecule is Cc1cccc(C)c1COC(=O)c1c(N)cccc1Cl. The van der Waals surface area contributed by atoms with Crippen molar-refractivity contribution < 1.29 is 9.53 Å². The lowest BCUT2D eigenvalue weighted by Crippen LogP contribution is -2.10. The molecule has 0 saturated heterocycles. The number of halogens is 1. The largest absolute Gasteiger partial charge is 0.457 e. The van der Waals surface area contributed by atoms with Crippen LogP contribution in [0.3, 0.4) is 0 Å². The number of nitrogens with two attached hydrogens (primary N) is 1. The van der Waals surface area contributed by atoms with E-state index in [1.54, 1.807) is 18.2 Å². The maximum atomic E-state index is 12.1. The molecule has 0 fully saturated rings. The minimum atomic E-state index is -0.504. The van der Waals surface area contributed by atoms with Crippen LogP contribution in [0, 0.1) is 13.8 Å². The van der Waals surface area contributed by atoms with Gasteiger partial charge in [0.1, 0.15) is 12.2 Å². The highest BCUT2D eigenvalue weighted by atomic mass is 35.5. The number of benzene rings is 2. The van der Waals surface area contributed by atoms with Gasteiger partial charge in [0.25, 0.3) is 0 Å². The Morgan fingerprint density at radius 1 is 1.15 bits per heavy atom. The van der Waals surface area contributed by atoms with Crippen molar-refractivity contribution in [3.8, 4) is 0 Å². The number of hydrogen-bond donors (Lipinski definition) is 1. The molecule has 20 heavy (non-hydrogen) atoms. The molecule has 0 bridgehead atoms. The average Bonchev–Trinajstić information content (AvgIpc) is 2.38. The van der Waals surface area contributed by atoms with Crippen molar-refractivity contribution in [2.24, 2.45) is 0 Å². The lowest BCUT2D eigenvalue weighted by molar-refractivity contribution is 0.0473. The highest BCUT2D eigenvalue weighted by molar-refractivity contribution is 6.34. The van der Waals surface area contributed by atoms with Crippen LogP contribution in [0.4, 0.5) is 5.69 Å². The topological polar surface area (TPSA) is 52.3 Å². The van der Waals surface area contributed by atoms with Gasteiger partial charge in [0.2, 0.25) is 0 Å². The van der Waals surface area contributed by atoms with Crippen LogP contribution in [0.15, 0.2) is 36.4 Å². The molecule has 0 heterocycles. The van der Waals surface area contributed by atoms with Crippen molar-refractivity contribution in [1.82, 2.24) is 0 Å². The summed E-state index contributed by atoms with van der Waals surface area (Å²) < 4.78 is 5.33. The molecule has 0 spiro atoms. The first kappa shape index (κ1) is 14.4. The molecule has 0 atom stereocenters. The molecule has 0 radical (unpaired) electrons. The van der Waals surface area contributed by atoms with Gasteiger partial charge in [-0.2, -0.15) is 0 Å². The van der Waals surface area contributed by atoms with E-state index in [0.29, 0.717) is 10.7 Å². The highest BCUT2D eigenvalue weighted by Crippen LogP contribution is 2.23. The lowest BCUT2D eigenvalue weighted by Gasteiger charge is -2.12. The van der Waals surface area contributed by atoms with E-state index in [4.69, 9.17) is 22.1 Å². The molecule has 0 aromatic heterocycles. The number of rotatable bonds is 3. The third kappa shape index (κ3) is 2.94. The standard InChI is InChI=1S/C16H16ClNO2/c1-10-5-3-6-11(2)12(10)9-20-16(19)15-13(17)7-4-8-14(15)18/h3-8H,9,18H2,1-2H3. The molecular formula is C16H16ClNO2. The van der Waals surface area contributed by atoms with Crippen LogP contribution >= 0.6 is 11.6 Å². The molecule has 0 amide bonds. The Balaban J connectivity index is 2.17. The molecule has 4 heteroatoms. The molecule has 0 saturated carbocycles. The minimum Gasteiger partial charge on any atom is -0.457 e. The summed E-state index contributed by atoms with van der Waals surface area (Å²) in [5, 5.41) is 0.302. The van der Waals surface area contributed by atoms with Gasteiger partial charge in [0.05, 0.1) is 5.02 Å². The molecule has 0 unspecified atom stereocenters. The van der Waals surface area contributed by atoms with Gasteiger partial charge in [-0.15, -0.1) is 0 Å². The quantitative estimate of drug-likeness (QED) is 0.689. The van der Waals surface area contributed by atoms with Crippen molar-refractivity contribution in [1.29, 1.82) is 0 Å². The Labute approximate surface area is 123 Å². The van der Waals surface area contributed by atoms with Gasteiger partial charge in [0.15, 0.2) is 0 Å². The predicted molar refractivity (Wildman–Crippen MR) is 80.9 cm³/mol. The van der Waals surface area contributed by atoms with E-state index < -0.39 is 5.97 Å². The smallest absolute Gasteiger partial charge is 0.342 e. The van der Waals surface area contributed by atoms with Gasteiger partial charge in [0, 0.05) is 5.69 Å². The monoisotopic (exact) mass is 289 g/mol. The van der Waals surface area contributed by atoms with Crippen molar-refractivity contribution in [2.45, 2.75) is 20.5 Å². The Morgan fingerprint density at radius 3 is 2.35 bits per heavy atom. The zero-order chi connectivity index (χ0) is 14.7. The van der Waals surface area contributed by atoms with Crippen LogP contribution in [-0.2, 0) is 11.3 Å². The van der Waals surface area contributed by atoms with E-state index in [9.17, 15) is 4.79 Å². The Morgan fingerprint density at radius 2 is 1.75 bits per heavy atom. The van der Waals surface area contributed by atoms with Gasteiger partial charge in [-0.3, -0.25) is 0 Å². The van der Waals surface area contributed by atoms with E-state index >= 15 is 0 Å². The van der Waals surface area contributed by atoms with Crippen LogP contribution in [0.1, 0.15) is 27.0 Å². The molecule has 2 rings (SSSR count). The minimum absolute atomic E-state index is 0.210. The number of aryl methyl sites for hydroxylation is 2. The van der Waals surface area contributed by atoms with E-state index in [0.717, 1.165) is 16.7 Å². The highest BCUT2D eigenvalue weighted by Gasteiger charge is 2.16. The Hall–Kier alpha value is -2.00. The number of carbonyl (C=O) groups is 1. The van der Waals surface area contributed by atoms with E-state index in [-0.39, 0.29) is 12.2 Å². The molecular weight excluding hydrogens is 274 g/mol. The van der Waals surface area contributed by atoms with Gasteiger partial charge in [-0.05, 0) is 42.7 Å². The Kier molecular flexibility index (Phi) is 4.30. The summed E-state index contributed by atoms with van der Waals surface area (Å²) in [5.74, 6) is -0.504. The van der Waals surface area contributed by atoms with Gasteiger partial charge in [-0.1, -0.05) is 35.9 Å². The first-order valence-corrected chi connectivity index (χ1v) is 6.64. The number of esters is 1. The van der Waals surface area contributed by atoms with E-state index in [1.165, 1.54) is 0 Å². The molecule has 104 valence electrons. The summed E-state index contributed by atoms with van der Waals surface area (Å²) in [5.41, 5.74) is 9.49. The fourth-order valence-electron chi connectivity index (χ4n) is 2.04. The summed E-state index contributed by atoms with van der Waals surface area (Å²) in [6, 6.07) is 10.9. The third-order valence-electron chi connectivity index (χ3n) is 3.24. The number of nitrogen functional groups attached to an aromatic ring is 1. The number of ether oxygens (including phenoxy) is 1. The van der Waals surface area contributed by atoms with Gasteiger partial charge >= 0.3 is 5.97 Å². The summed E-state index contributed by atoms with van der Waals surface area (Å²) in [6.45, 7) is 4.18. The third-order valence-corrected chi connectivity index (χ3v) is 3.56. The summed E-state index contributed by atoms with van der Waals surface area (Å²) >= 11 is 5.99. The van der Waals surface area contributed by atoms with Crippen molar-refractivity contribution in [3.63, 3.8) is 0 Å². The van der Waals surface area contributed by atoms with Gasteiger partial charge < -0.3 is 10.5 Å². The zero-order valence-corrected chi connectivity index (χ0v) is 12.2. The van der Waals surface area contributed by atoms with Crippen molar-refractivity contribution in [3.05, 3.63) is 63.7 Å². The number of anilines is 1. The molecule has 0 aliphatic carbocycles. The summed E-state index contributed by atoms with van der Waals surface area (Å²) in [4.78, 5) is 12.1. The van der Waals surface area contributed by atoms with E-state index in [2.05, 4.69) is 0 Å². The van der Waals surface area contributed by atoms with Crippen LogP contribution in [0.5, 0.6) is 0 Å². The second-order valence-corrected chi connectivity index (χ2v) is 5.06. The van der Waals surface area contributed by atoms with Crippen molar-refractivity contribution >= 4 is 23.3 Å². The first-order valence-electron chi connectivity index (χ1n) is 6.27. The van der Waals surface area contributed by atoms with Crippen LogP contribution in [0.25, 0.3) is 0 Å². The first-order chi connectivity index (χ1) is 9.50. The molecule has 0 aliphatic rings. The fraction of sp³-hybridized carbons (Fsp3) is 0.188. The fourth-order valence-corrected chi connectivity index (χ4v) is 2.30. The predicted octanol–water partition coefficient (Wildman–Crippen LogP) is 3.90. The molecule has 3 nitrogen and oxygen atoms in total. The number of hydrogen-bond acceptors (Lipinski definition) is 3. The second-order valence-electron chi connectivity index (χ2n) is 4.65. The number of carbonyl (C=O) groups excluding carboxylic acids is 1. The lowest BCUT2D eigenvalue weighted by atomic mass is 10.0. The molecule has 2 aromatic rings. The summed E-state index contributed by atoms with van der Waals surface area (Å²) in [6.07, 6.45) is 0. The van der Waals surface area contributed by atoms with Crippen LogP contribution in [0.2, 0.25) is 5.02 Å². The zero-order valence-electron chi connectivity index (χ0n) is 11.4. The van der Waals surface area contributed by atoms with Gasteiger partial charge in [-0.25, -0.2) is 4.79 Å². The maximum Gasteiger partial charge on any atom is 0.342 e. The van der Waals surface area contributed by atoms with Crippen LogP contribution in [-0.4, -0.2) is 5.97 Å². The normalized spacial score (nSPS) is 10.3. The van der Waals surface area contributed by atoms with E-state index in [1.807, 2.05) is 32.0 Å². The summed E-state index contributed by atoms with van der Waals surface area (Å²) in [7, 11) is 0. The Bertz CT molecular complexity index is 612. The molecule has 2 N–H and O–H groups in total.